The van der Waals surface area contributed by atoms with Crippen LogP contribution in [-0.4, -0.2) is 24.3 Å². The number of allylic oxidation sites excluding steroid dienone is 4. The fraction of sp³-hybridized carbons (Fsp3) is 0.837. The molecular weight excluding hydrogens is 637 g/mol. The summed E-state index contributed by atoms with van der Waals surface area (Å²) < 4.78 is 29.4. The molecule has 0 aliphatic rings. The van der Waals surface area contributed by atoms with Crippen LogP contribution in [0.25, 0.3) is 5.09 Å². The van der Waals surface area contributed by atoms with E-state index >= 15 is 0 Å². The van der Waals surface area contributed by atoms with Crippen molar-refractivity contribution in [2.24, 2.45) is 7.05 Å². The molecule has 7 heteroatoms. The first-order chi connectivity index (χ1) is 24.6. The lowest BCUT2D eigenvalue weighted by molar-refractivity contribution is -0.671. The molecule has 0 saturated heterocycles. The zero-order valence-corrected chi connectivity index (χ0v) is 34.3. The molecule has 0 fully saturated rings. The number of hydrogen-bond donors (Lipinski definition) is 0. The summed E-state index contributed by atoms with van der Waals surface area (Å²) in [4.78, 5) is 0. The van der Waals surface area contributed by atoms with Gasteiger partial charge in [-0.1, -0.05) is 154 Å². The minimum absolute atomic E-state index is 0.461. The number of hydrogen-bond acceptors (Lipinski definition) is 3. The van der Waals surface area contributed by atoms with E-state index in [1.54, 1.807) is 0 Å². The molecule has 6 nitrogen and oxygen atoms in total. The second kappa shape index (κ2) is 36.2. The van der Waals surface area contributed by atoms with Crippen LogP contribution in [-0.2, 0) is 27.2 Å². The number of rotatable bonds is 39. The Morgan fingerprint density at radius 2 is 0.940 bits per heavy atom. The summed E-state index contributed by atoms with van der Waals surface area (Å²) in [6.45, 7) is 6.81. The van der Waals surface area contributed by atoms with Crippen molar-refractivity contribution in [3.8, 4) is 0 Å². The van der Waals surface area contributed by atoms with Crippen LogP contribution in [0.4, 0.5) is 0 Å². The maximum absolute atomic E-state index is 13.5. The van der Waals surface area contributed by atoms with Crippen LogP contribution in [0.5, 0.6) is 0 Å². The molecule has 1 aromatic heterocycles. The van der Waals surface area contributed by atoms with Crippen LogP contribution in [0.2, 0.25) is 0 Å². The zero-order chi connectivity index (χ0) is 36.1. The zero-order valence-electron chi connectivity index (χ0n) is 33.4. The van der Waals surface area contributed by atoms with Gasteiger partial charge in [0.1, 0.15) is 12.4 Å². The van der Waals surface area contributed by atoms with Gasteiger partial charge in [0.25, 0.3) is 0 Å². The van der Waals surface area contributed by atoms with Crippen molar-refractivity contribution in [2.75, 3.05) is 19.8 Å². The first kappa shape index (κ1) is 46.8. The van der Waals surface area contributed by atoms with Gasteiger partial charge >= 0.3 is 0 Å². The lowest BCUT2D eigenvalue weighted by atomic mass is 10.1. The molecule has 0 aliphatic heterocycles. The smallest absolute Gasteiger partial charge is 0.243 e. The molecule has 292 valence electrons. The van der Waals surface area contributed by atoms with E-state index in [-0.39, 0.29) is 0 Å². The molecule has 0 unspecified atom stereocenters. The lowest BCUT2D eigenvalue weighted by Gasteiger charge is -2.31. The molecule has 0 saturated carbocycles. The summed E-state index contributed by atoms with van der Waals surface area (Å²) in [5.41, 5.74) is 0. The van der Waals surface area contributed by atoms with Crippen molar-refractivity contribution in [3.05, 3.63) is 48.1 Å². The summed E-state index contributed by atoms with van der Waals surface area (Å²) in [6, 6.07) is 0. The van der Waals surface area contributed by atoms with Crippen LogP contribution < -0.4 is 4.57 Å². The average molecular weight is 720 g/mol. The second-order valence-corrected chi connectivity index (χ2v) is 16.3. The standard InChI is InChI=1S/C43H82N3O3P/c1-4-6-8-10-12-14-16-18-20-22-24-26-28-30-32-34-41-48-50(47,44-37-36-38-46-40-39-45(3)43-46)49-42-35-33-31-29-27-25-23-21-19-17-15-13-11-9-7-5-2/h18-21,39-40,43H,4-17,22-38,41-42H2,1-3H3/b20-18-,21-19-. The van der Waals surface area contributed by atoms with E-state index < -0.39 is 7.75 Å². The average Bonchev–Trinajstić information content (AvgIpc) is 3.54. The van der Waals surface area contributed by atoms with Gasteiger partial charge in [-0.25, -0.2) is 9.13 Å². The van der Waals surface area contributed by atoms with Crippen molar-refractivity contribution in [3.63, 3.8) is 0 Å². The van der Waals surface area contributed by atoms with Crippen LogP contribution in [0, 0.1) is 0 Å². The number of aromatic nitrogens is 2. The maximum atomic E-state index is 13.5. The number of nitrogens with zero attached hydrogens (tertiary/aromatic N) is 3. The largest absolute Gasteiger partial charge is 0.555 e. The Bertz CT molecular complexity index is 900. The lowest BCUT2D eigenvalue weighted by Crippen LogP contribution is -2.23. The van der Waals surface area contributed by atoms with Crippen molar-refractivity contribution < 1.29 is 18.2 Å². The monoisotopic (exact) mass is 720 g/mol. The Morgan fingerprint density at radius 3 is 1.32 bits per heavy atom. The van der Waals surface area contributed by atoms with Gasteiger partial charge in [-0.2, -0.15) is 0 Å². The molecule has 0 aliphatic carbocycles. The highest BCUT2D eigenvalue weighted by molar-refractivity contribution is 7.56. The van der Waals surface area contributed by atoms with Crippen LogP contribution in [0.1, 0.15) is 200 Å². The topological polar surface area (TPSA) is 58.4 Å². The first-order valence-corrected chi connectivity index (χ1v) is 23.0. The summed E-state index contributed by atoms with van der Waals surface area (Å²) in [7, 11) is -1.40. The van der Waals surface area contributed by atoms with Crippen LogP contribution in [0.3, 0.4) is 0 Å². The molecule has 0 radical (unpaired) electrons. The fourth-order valence-electron chi connectivity index (χ4n) is 6.26. The van der Waals surface area contributed by atoms with Gasteiger partial charge in [-0.05, 0) is 70.6 Å². The molecule has 50 heavy (non-hydrogen) atoms. The molecule has 1 rings (SSSR count). The molecule has 0 atom stereocenters. The van der Waals surface area contributed by atoms with E-state index in [2.05, 4.69) is 60.3 Å². The summed E-state index contributed by atoms with van der Waals surface area (Å²) in [6.07, 6.45) is 52.0. The SMILES string of the molecule is CCCCCCCC/C=C\CCCCCCCCOP(=O)([N-]CCCn1cc[n+](C)c1)OCCCCCCCC/C=C\CCCCCCCC. The third kappa shape index (κ3) is 31.5. The quantitative estimate of drug-likeness (QED) is 0.0294. The molecule has 0 bridgehead atoms. The predicted molar refractivity (Wildman–Crippen MR) is 217 cm³/mol. The molecular formula is C43H82N3O3P. The highest BCUT2D eigenvalue weighted by Crippen LogP contribution is 2.54. The van der Waals surface area contributed by atoms with E-state index in [0.717, 1.165) is 38.6 Å². The highest BCUT2D eigenvalue weighted by atomic mass is 31.2. The molecule has 1 aromatic rings. The summed E-state index contributed by atoms with van der Waals surface area (Å²) in [5, 5.41) is 4.48. The van der Waals surface area contributed by atoms with E-state index in [4.69, 9.17) is 9.05 Å². The van der Waals surface area contributed by atoms with E-state index in [0.29, 0.717) is 19.8 Å². The molecule has 0 aromatic carbocycles. The number of imidazole rings is 1. The van der Waals surface area contributed by atoms with Crippen LogP contribution >= 0.6 is 7.75 Å². The van der Waals surface area contributed by atoms with Crippen molar-refractivity contribution >= 4 is 7.75 Å². The van der Waals surface area contributed by atoms with E-state index in [9.17, 15) is 4.57 Å². The van der Waals surface area contributed by atoms with Gasteiger partial charge in [0.05, 0.1) is 26.8 Å². The van der Waals surface area contributed by atoms with Gasteiger partial charge in [0.15, 0.2) is 0 Å². The van der Waals surface area contributed by atoms with Gasteiger partial charge in [0, 0.05) is 0 Å². The fourth-order valence-corrected chi connectivity index (χ4v) is 7.60. The van der Waals surface area contributed by atoms with Gasteiger partial charge in [-0.3, -0.25) is 4.57 Å². The van der Waals surface area contributed by atoms with Crippen molar-refractivity contribution in [2.45, 2.75) is 207 Å². The Kier molecular flexibility index (Phi) is 33.9. The molecule has 0 amide bonds. The summed E-state index contributed by atoms with van der Waals surface area (Å²) >= 11 is 0. The van der Waals surface area contributed by atoms with Gasteiger partial charge in [-0.15, -0.1) is 6.54 Å². The van der Waals surface area contributed by atoms with Crippen molar-refractivity contribution in [1.82, 2.24) is 4.57 Å². The van der Waals surface area contributed by atoms with E-state index in [1.165, 1.54) is 154 Å². The van der Waals surface area contributed by atoms with Crippen LogP contribution in [0.15, 0.2) is 43.0 Å². The predicted octanol–water partition coefficient (Wildman–Crippen LogP) is 14.3. The maximum Gasteiger partial charge on any atom is 0.243 e. The minimum atomic E-state index is -3.42. The molecule has 0 spiro atoms. The van der Waals surface area contributed by atoms with E-state index in [1.807, 2.05) is 17.8 Å². The first-order valence-electron chi connectivity index (χ1n) is 21.5. The Balaban J connectivity index is 2.14. The highest BCUT2D eigenvalue weighted by Gasteiger charge is 2.13. The minimum Gasteiger partial charge on any atom is -0.555 e. The Hall–Kier alpha value is -1.20. The van der Waals surface area contributed by atoms with Gasteiger partial charge in [0.2, 0.25) is 14.1 Å². The van der Waals surface area contributed by atoms with Crippen molar-refractivity contribution in [1.29, 1.82) is 0 Å². The van der Waals surface area contributed by atoms with Gasteiger partial charge < -0.3 is 14.1 Å². The number of aryl methyl sites for hydroxylation is 2. The summed E-state index contributed by atoms with van der Waals surface area (Å²) in [5.74, 6) is 0. The Labute approximate surface area is 311 Å². The number of unbranched alkanes of at least 4 members (excludes halogenated alkanes) is 24. The second-order valence-electron chi connectivity index (χ2n) is 14.5. The third-order valence-corrected chi connectivity index (χ3v) is 11.1. The molecule has 0 N–H and O–H groups in total. The third-order valence-electron chi connectivity index (χ3n) is 9.49. The Morgan fingerprint density at radius 1 is 0.560 bits per heavy atom. The normalized spacial score (nSPS) is 12.3. The molecule has 1 heterocycles.